The number of halogens is 1. The number of hydrogen-bond acceptors (Lipinski definition) is 0. The summed E-state index contributed by atoms with van der Waals surface area (Å²) in [5.74, 6) is 0. The molecular formula is C17H23Cl. The van der Waals surface area contributed by atoms with E-state index in [1.165, 1.54) is 56.9 Å². The normalized spacial score (nSPS) is 23.7. The van der Waals surface area contributed by atoms with E-state index in [1.807, 2.05) is 0 Å². The molecule has 1 fully saturated rings. The summed E-state index contributed by atoms with van der Waals surface area (Å²) in [6.45, 7) is 2.39. The van der Waals surface area contributed by atoms with E-state index >= 15 is 0 Å². The van der Waals surface area contributed by atoms with Crippen LogP contribution in [0.4, 0.5) is 0 Å². The second-order valence-electron chi connectivity index (χ2n) is 6.46. The van der Waals surface area contributed by atoms with E-state index in [2.05, 4.69) is 25.1 Å². The van der Waals surface area contributed by atoms with E-state index in [9.17, 15) is 0 Å². The van der Waals surface area contributed by atoms with Gasteiger partial charge in [0.15, 0.2) is 0 Å². The molecule has 0 aliphatic heterocycles. The highest BCUT2D eigenvalue weighted by molar-refractivity contribution is 6.21. The number of fused-ring (bicyclic) bond motifs is 1. The van der Waals surface area contributed by atoms with Crippen LogP contribution in [-0.2, 0) is 12.8 Å². The maximum absolute atomic E-state index is 6.83. The van der Waals surface area contributed by atoms with Crippen molar-refractivity contribution >= 4 is 11.6 Å². The number of alkyl halides is 1. The summed E-state index contributed by atoms with van der Waals surface area (Å²) >= 11 is 6.83. The monoisotopic (exact) mass is 262 g/mol. The molecule has 0 saturated heterocycles. The first kappa shape index (κ1) is 12.5. The van der Waals surface area contributed by atoms with Gasteiger partial charge in [0, 0.05) is 0 Å². The molecular weight excluding hydrogens is 240 g/mol. The Labute approximate surface area is 116 Å². The smallest absolute Gasteiger partial charge is 0.0638 e. The van der Waals surface area contributed by atoms with Crippen LogP contribution in [0.1, 0.15) is 67.5 Å². The molecule has 0 aromatic heterocycles. The molecule has 1 heteroatoms. The third-order valence-corrected chi connectivity index (χ3v) is 5.80. The molecule has 2 aliphatic rings. The first-order valence-corrected chi connectivity index (χ1v) is 7.88. The average Bonchev–Trinajstić information content (AvgIpc) is 2.86. The molecule has 0 N–H and O–H groups in total. The summed E-state index contributed by atoms with van der Waals surface area (Å²) in [4.78, 5) is 0. The fraction of sp³-hybridized carbons (Fsp3) is 0.647. The van der Waals surface area contributed by atoms with Crippen molar-refractivity contribution in [3.8, 4) is 0 Å². The number of benzene rings is 1. The van der Waals surface area contributed by atoms with Gasteiger partial charge in [0.25, 0.3) is 0 Å². The molecule has 0 heterocycles. The number of aryl methyl sites for hydroxylation is 2. The van der Waals surface area contributed by atoms with Crippen LogP contribution < -0.4 is 0 Å². The van der Waals surface area contributed by atoms with Crippen molar-refractivity contribution in [3.05, 3.63) is 34.9 Å². The lowest BCUT2D eigenvalue weighted by atomic mass is 9.71. The summed E-state index contributed by atoms with van der Waals surface area (Å²) in [7, 11) is 0. The maximum atomic E-state index is 6.83. The van der Waals surface area contributed by atoms with Gasteiger partial charge in [-0.2, -0.15) is 0 Å². The molecule has 0 radical (unpaired) electrons. The van der Waals surface area contributed by atoms with Crippen molar-refractivity contribution in [3.63, 3.8) is 0 Å². The summed E-state index contributed by atoms with van der Waals surface area (Å²) in [5.41, 5.74) is 4.78. The molecule has 1 saturated carbocycles. The van der Waals surface area contributed by atoms with Crippen molar-refractivity contribution < 1.29 is 0 Å². The van der Waals surface area contributed by atoms with Gasteiger partial charge in [-0.3, -0.25) is 0 Å². The van der Waals surface area contributed by atoms with E-state index in [0.29, 0.717) is 5.41 Å². The molecule has 18 heavy (non-hydrogen) atoms. The molecule has 98 valence electrons. The zero-order valence-electron chi connectivity index (χ0n) is 11.3. The van der Waals surface area contributed by atoms with E-state index in [0.717, 1.165) is 0 Å². The van der Waals surface area contributed by atoms with Crippen LogP contribution in [0, 0.1) is 5.41 Å². The van der Waals surface area contributed by atoms with E-state index in [4.69, 9.17) is 11.6 Å². The van der Waals surface area contributed by atoms with Crippen LogP contribution in [0.3, 0.4) is 0 Å². The van der Waals surface area contributed by atoms with Crippen LogP contribution in [0.15, 0.2) is 18.2 Å². The van der Waals surface area contributed by atoms with Gasteiger partial charge in [-0.05, 0) is 54.2 Å². The highest BCUT2D eigenvalue weighted by Crippen LogP contribution is 2.49. The molecule has 2 aliphatic carbocycles. The van der Waals surface area contributed by atoms with Crippen molar-refractivity contribution in [1.82, 2.24) is 0 Å². The highest BCUT2D eigenvalue weighted by Gasteiger charge is 2.35. The topological polar surface area (TPSA) is 0 Å². The minimum absolute atomic E-state index is 0.198. The first-order chi connectivity index (χ1) is 8.69. The van der Waals surface area contributed by atoms with Gasteiger partial charge in [-0.1, -0.05) is 44.4 Å². The Morgan fingerprint density at radius 3 is 2.50 bits per heavy atom. The Hall–Kier alpha value is -0.490. The summed E-state index contributed by atoms with van der Waals surface area (Å²) < 4.78 is 0. The zero-order chi connectivity index (χ0) is 12.6. The van der Waals surface area contributed by atoms with Crippen LogP contribution >= 0.6 is 11.6 Å². The Kier molecular flexibility index (Phi) is 3.40. The van der Waals surface area contributed by atoms with E-state index in [1.54, 1.807) is 11.1 Å². The standard InChI is InChI=1S/C17H23Cl/c1-17(10-3-2-4-11-17)16(18)15-9-8-13-6-5-7-14(13)12-15/h8-9,12,16H,2-7,10-11H2,1H3. The maximum Gasteiger partial charge on any atom is 0.0638 e. The molecule has 0 spiro atoms. The van der Waals surface area contributed by atoms with Crippen LogP contribution in [0.2, 0.25) is 0 Å². The lowest BCUT2D eigenvalue weighted by Gasteiger charge is -2.38. The first-order valence-electron chi connectivity index (χ1n) is 7.45. The van der Waals surface area contributed by atoms with Crippen LogP contribution in [0.5, 0.6) is 0 Å². The molecule has 0 nitrogen and oxygen atoms in total. The summed E-state index contributed by atoms with van der Waals surface area (Å²) in [6.07, 6.45) is 10.5. The molecule has 1 aromatic carbocycles. The molecule has 0 amide bonds. The molecule has 1 aromatic rings. The quantitative estimate of drug-likeness (QED) is 0.624. The van der Waals surface area contributed by atoms with E-state index in [-0.39, 0.29) is 5.38 Å². The summed E-state index contributed by atoms with van der Waals surface area (Å²) in [5, 5.41) is 0.198. The third-order valence-electron chi connectivity index (χ3n) is 5.02. The minimum Gasteiger partial charge on any atom is -0.117 e. The van der Waals surface area contributed by atoms with Crippen molar-refractivity contribution in [2.24, 2.45) is 5.41 Å². The number of hydrogen-bond donors (Lipinski definition) is 0. The fourth-order valence-corrected chi connectivity index (χ4v) is 4.12. The highest BCUT2D eigenvalue weighted by atomic mass is 35.5. The molecule has 1 unspecified atom stereocenters. The van der Waals surface area contributed by atoms with Crippen LogP contribution in [0.25, 0.3) is 0 Å². The molecule has 1 atom stereocenters. The predicted octanol–water partition coefficient (Wildman–Crippen LogP) is 5.43. The Balaban J connectivity index is 1.85. The third kappa shape index (κ3) is 2.20. The average molecular weight is 263 g/mol. The Bertz CT molecular complexity index is 429. The van der Waals surface area contributed by atoms with Gasteiger partial charge in [0.1, 0.15) is 0 Å². The summed E-state index contributed by atoms with van der Waals surface area (Å²) in [6, 6.07) is 6.99. The van der Waals surface area contributed by atoms with Gasteiger partial charge in [0.05, 0.1) is 5.38 Å². The van der Waals surface area contributed by atoms with Crippen molar-refractivity contribution in [1.29, 1.82) is 0 Å². The lowest BCUT2D eigenvalue weighted by Crippen LogP contribution is -2.25. The van der Waals surface area contributed by atoms with Gasteiger partial charge in [0.2, 0.25) is 0 Å². The molecule has 3 rings (SSSR count). The zero-order valence-corrected chi connectivity index (χ0v) is 12.1. The van der Waals surface area contributed by atoms with Crippen molar-refractivity contribution in [2.45, 2.75) is 63.7 Å². The second kappa shape index (κ2) is 4.89. The second-order valence-corrected chi connectivity index (χ2v) is 6.90. The Morgan fingerprint density at radius 2 is 1.72 bits per heavy atom. The Morgan fingerprint density at radius 1 is 1.00 bits per heavy atom. The number of rotatable bonds is 2. The van der Waals surface area contributed by atoms with Gasteiger partial charge in [-0.25, -0.2) is 0 Å². The van der Waals surface area contributed by atoms with Gasteiger partial charge >= 0.3 is 0 Å². The molecule has 0 bridgehead atoms. The SMILES string of the molecule is CC1(C(Cl)c2ccc3c(c2)CCC3)CCCCC1. The largest absolute Gasteiger partial charge is 0.117 e. The van der Waals surface area contributed by atoms with E-state index < -0.39 is 0 Å². The minimum atomic E-state index is 0.198. The van der Waals surface area contributed by atoms with Gasteiger partial charge in [-0.15, -0.1) is 11.6 Å². The fourth-order valence-electron chi connectivity index (χ4n) is 3.76. The van der Waals surface area contributed by atoms with Crippen LogP contribution in [-0.4, -0.2) is 0 Å². The predicted molar refractivity (Wildman–Crippen MR) is 78.3 cm³/mol. The van der Waals surface area contributed by atoms with Crippen molar-refractivity contribution in [2.75, 3.05) is 0 Å². The van der Waals surface area contributed by atoms with Gasteiger partial charge < -0.3 is 0 Å². The lowest BCUT2D eigenvalue weighted by molar-refractivity contribution is 0.206.